The summed E-state index contributed by atoms with van der Waals surface area (Å²) in [4.78, 5) is 2.34. The topological polar surface area (TPSA) is 57.7 Å². The molecule has 4 rings (SSSR count). The van der Waals surface area contributed by atoms with Crippen LogP contribution in [0, 0.1) is 11.3 Å². The minimum atomic E-state index is 0.690. The van der Waals surface area contributed by atoms with Crippen LogP contribution in [0.4, 0.5) is 0 Å². The standard InChI is InChI=1S/C19H16ClN5/c20-17-7-5-16(6-8-17)19-23-22-18-13-24(9-10-25(18)19)12-15-3-1-14(11-21)2-4-15/h1-8H,9-10,12-13H2. The van der Waals surface area contributed by atoms with Gasteiger partial charge in [0.15, 0.2) is 5.82 Å². The second-order valence-corrected chi connectivity index (χ2v) is 6.55. The molecule has 0 unspecified atom stereocenters. The summed E-state index contributed by atoms with van der Waals surface area (Å²) in [5.41, 5.74) is 2.92. The maximum Gasteiger partial charge on any atom is 0.164 e. The lowest BCUT2D eigenvalue weighted by atomic mass is 10.1. The van der Waals surface area contributed by atoms with Gasteiger partial charge in [-0.3, -0.25) is 4.90 Å². The van der Waals surface area contributed by atoms with Gasteiger partial charge in [0.05, 0.1) is 18.2 Å². The number of fused-ring (bicyclic) bond motifs is 1. The molecule has 0 bridgehead atoms. The fraction of sp³-hybridized carbons (Fsp3) is 0.211. The molecule has 1 aliphatic rings. The van der Waals surface area contributed by atoms with Gasteiger partial charge in [-0.15, -0.1) is 10.2 Å². The first-order valence-corrected chi connectivity index (χ1v) is 8.50. The largest absolute Gasteiger partial charge is 0.309 e. The van der Waals surface area contributed by atoms with Crippen molar-refractivity contribution in [2.45, 2.75) is 19.6 Å². The Labute approximate surface area is 151 Å². The molecule has 25 heavy (non-hydrogen) atoms. The van der Waals surface area contributed by atoms with Crippen LogP contribution < -0.4 is 0 Å². The molecule has 2 aromatic carbocycles. The number of hydrogen-bond donors (Lipinski definition) is 0. The molecule has 124 valence electrons. The highest BCUT2D eigenvalue weighted by Gasteiger charge is 2.21. The smallest absolute Gasteiger partial charge is 0.164 e. The zero-order chi connectivity index (χ0) is 17.2. The maximum absolute atomic E-state index is 8.88. The molecule has 0 fully saturated rings. The highest BCUT2D eigenvalue weighted by molar-refractivity contribution is 6.30. The molecule has 5 nitrogen and oxygen atoms in total. The molecule has 0 saturated heterocycles. The molecule has 0 atom stereocenters. The minimum Gasteiger partial charge on any atom is -0.309 e. The van der Waals surface area contributed by atoms with Crippen LogP contribution in [-0.4, -0.2) is 26.2 Å². The van der Waals surface area contributed by atoms with Gasteiger partial charge in [0.25, 0.3) is 0 Å². The summed E-state index contributed by atoms with van der Waals surface area (Å²) < 4.78 is 2.18. The lowest BCUT2D eigenvalue weighted by Gasteiger charge is -2.27. The van der Waals surface area contributed by atoms with Crippen LogP contribution in [0.2, 0.25) is 5.02 Å². The summed E-state index contributed by atoms with van der Waals surface area (Å²) in [5.74, 6) is 1.87. The number of halogens is 1. The van der Waals surface area contributed by atoms with E-state index in [-0.39, 0.29) is 0 Å². The van der Waals surface area contributed by atoms with Crippen LogP contribution in [0.3, 0.4) is 0 Å². The SMILES string of the molecule is N#Cc1ccc(CN2CCn3c(nnc3-c3ccc(Cl)cc3)C2)cc1. The van der Waals surface area contributed by atoms with Crippen molar-refractivity contribution < 1.29 is 0 Å². The summed E-state index contributed by atoms with van der Waals surface area (Å²) in [6.07, 6.45) is 0. The van der Waals surface area contributed by atoms with E-state index in [2.05, 4.69) is 25.7 Å². The summed E-state index contributed by atoms with van der Waals surface area (Å²) in [6, 6.07) is 17.6. The minimum absolute atomic E-state index is 0.690. The lowest BCUT2D eigenvalue weighted by Crippen LogP contribution is -2.33. The van der Waals surface area contributed by atoms with Crippen molar-refractivity contribution in [1.29, 1.82) is 5.26 Å². The molecule has 6 heteroatoms. The third-order valence-corrected chi connectivity index (χ3v) is 4.68. The third-order valence-electron chi connectivity index (χ3n) is 4.42. The molecule has 0 N–H and O–H groups in total. The molecular formula is C19H16ClN5. The predicted octanol–water partition coefficient (Wildman–Crippen LogP) is 3.49. The van der Waals surface area contributed by atoms with Crippen molar-refractivity contribution in [1.82, 2.24) is 19.7 Å². The molecule has 0 aliphatic carbocycles. The number of hydrogen-bond acceptors (Lipinski definition) is 4. The van der Waals surface area contributed by atoms with Gasteiger partial charge in [-0.25, -0.2) is 0 Å². The Morgan fingerprint density at radius 3 is 2.48 bits per heavy atom. The average Bonchev–Trinajstić information content (AvgIpc) is 3.06. The Balaban J connectivity index is 1.50. The van der Waals surface area contributed by atoms with Gasteiger partial charge in [-0.2, -0.15) is 5.26 Å². The Morgan fingerprint density at radius 1 is 1.00 bits per heavy atom. The molecular weight excluding hydrogens is 334 g/mol. The average molecular weight is 350 g/mol. The fourth-order valence-electron chi connectivity index (χ4n) is 3.10. The van der Waals surface area contributed by atoms with E-state index in [1.54, 1.807) is 0 Å². The highest BCUT2D eigenvalue weighted by atomic mass is 35.5. The summed E-state index contributed by atoms with van der Waals surface area (Å²) >= 11 is 5.96. The Morgan fingerprint density at radius 2 is 1.76 bits per heavy atom. The van der Waals surface area contributed by atoms with Crippen molar-refractivity contribution in [2.75, 3.05) is 6.54 Å². The number of rotatable bonds is 3. The van der Waals surface area contributed by atoms with E-state index in [9.17, 15) is 0 Å². The number of aromatic nitrogens is 3. The van der Waals surface area contributed by atoms with Crippen molar-refractivity contribution in [3.8, 4) is 17.5 Å². The quantitative estimate of drug-likeness (QED) is 0.726. The van der Waals surface area contributed by atoms with Gasteiger partial charge in [-0.05, 0) is 42.0 Å². The molecule has 0 saturated carbocycles. The van der Waals surface area contributed by atoms with E-state index in [0.717, 1.165) is 48.4 Å². The Bertz CT molecular complexity index is 922. The molecule has 0 radical (unpaired) electrons. The van der Waals surface area contributed by atoms with E-state index >= 15 is 0 Å². The predicted molar refractivity (Wildman–Crippen MR) is 95.7 cm³/mol. The Hall–Kier alpha value is -2.68. The fourth-order valence-corrected chi connectivity index (χ4v) is 3.22. The summed E-state index contributed by atoms with van der Waals surface area (Å²) in [7, 11) is 0. The monoisotopic (exact) mass is 349 g/mol. The van der Waals surface area contributed by atoms with Crippen molar-refractivity contribution in [3.63, 3.8) is 0 Å². The third kappa shape index (κ3) is 3.27. The normalized spacial score (nSPS) is 14.1. The van der Waals surface area contributed by atoms with Gasteiger partial charge >= 0.3 is 0 Å². The molecule has 0 amide bonds. The van der Waals surface area contributed by atoms with E-state index in [1.165, 1.54) is 5.56 Å². The number of nitrogens with zero attached hydrogens (tertiary/aromatic N) is 5. The van der Waals surface area contributed by atoms with Crippen molar-refractivity contribution in [2.24, 2.45) is 0 Å². The van der Waals surface area contributed by atoms with Crippen LogP contribution in [0.15, 0.2) is 48.5 Å². The second kappa shape index (κ2) is 6.67. The van der Waals surface area contributed by atoms with Crippen LogP contribution in [0.1, 0.15) is 17.0 Å². The molecule has 2 heterocycles. The summed E-state index contributed by atoms with van der Waals surface area (Å²) in [6.45, 7) is 3.40. The first kappa shape index (κ1) is 15.8. The van der Waals surface area contributed by atoms with E-state index in [1.807, 2.05) is 48.5 Å². The van der Waals surface area contributed by atoms with Gasteiger partial charge in [0.1, 0.15) is 5.82 Å². The van der Waals surface area contributed by atoms with E-state index in [4.69, 9.17) is 16.9 Å². The van der Waals surface area contributed by atoms with Gasteiger partial charge in [0.2, 0.25) is 0 Å². The zero-order valence-electron chi connectivity index (χ0n) is 13.6. The van der Waals surface area contributed by atoms with E-state index in [0.29, 0.717) is 5.56 Å². The van der Waals surface area contributed by atoms with Crippen LogP contribution >= 0.6 is 11.6 Å². The summed E-state index contributed by atoms with van der Waals surface area (Å²) in [5, 5.41) is 18.3. The molecule has 3 aromatic rings. The van der Waals surface area contributed by atoms with Gasteiger partial charge in [0, 0.05) is 30.2 Å². The van der Waals surface area contributed by atoms with Crippen LogP contribution in [0.5, 0.6) is 0 Å². The van der Waals surface area contributed by atoms with Gasteiger partial charge < -0.3 is 4.57 Å². The lowest BCUT2D eigenvalue weighted by molar-refractivity contribution is 0.209. The van der Waals surface area contributed by atoms with E-state index < -0.39 is 0 Å². The highest BCUT2D eigenvalue weighted by Crippen LogP contribution is 2.24. The first-order chi connectivity index (χ1) is 12.2. The maximum atomic E-state index is 8.88. The molecule has 0 spiro atoms. The van der Waals surface area contributed by atoms with Crippen molar-refractivity contribution in [3.05, 3.63) is 70.5 Å². The first-order valence-electron chi connectivity index (χ1n) is 8.12. The zero-order valence-corrected chi connectivity index (χ0v) is 14.3. The molecule has 1 aromatic heterocycles. The van der Waals surface area contributed by atoms with Crippen LogP contribution in [0.25, 0.3) is 11.4 Å². The van der Waals surface area contributed by atoms with Crippen LogP contribution in [-0.2, 0) is 19.6 Å². The van der Waals surface area contributed by atoms with Gasteiger partial charge in [-0.1, -0.05) is 23.7 Å². The molecule has 1 aliphatic heterocycles. The number of benzene rings is 2. The van der Waals surface area contributed by atoms with Crippen molar-refractivity contribution >= 4 is 11.6 Å². The second-order valence-electron chi connectivity index (χ2n) is 6.12. The Kier molecular flexibility index (Phi) is 4.22. The number of nitriles is 1.